The lowest BCUT2D eigenvalue weighted by Crippen LogP contribution is -2.51. The van der Waals surface area contributed by atoms with Crippen LogP contribution in [0.15, 0.2) is 188 Å². The molecule has 7 N–H and O–H groups in total. The first-order chi connectivity index (χ1) is 49.8. The van der Waals surface area contributed by atoms with Crippen LogP contribution in [-0.4, -0.2) is 120 Å². The Kier molecular flexibility index (Phi) is 29.7. The number of methoxy groups -OCH3 is 2. The molecule has 0 aliphatic rings. The minimum Gasteiger partial charge on any atom is -0.497 e. The topological polar surface area (TPSA) is 256 Å². The lowest BCUT2D eigenvalue weighted by atomic mass is 9.98. The summed E-state index contributed by atoms with van der Waals surface area (Å²) < 4.78 is 99.9. The lowest BCUT2D eigenvalue weighted by Gasteiger charge is -2.32. The van der Waals surface area contributed by atoms with Gasteiger partial charge >= 0.3 is 6.09 Å². The molecule has 0 spiro atoms. The maximum Gasteiger partial charge on any atom is 0.410 e. The van der Waals surface area contributed by atoms with Crippen LogP contribution in [0.2, 0.25) is 0 Å². The Morgan fingerprint density at radius 3 is 1.35 bits per heavy atom. The van der Waals surface area contributed by atoms with Crippen molar-refractivity contribution in [1.82, 2.24) is 31.5 Å². The first kappa shape index (κ1) is 81.2. The van der Waals surface area contributed by atoms with Crippen molar-refractivity contribution in [3.8, 4) is 11.5 Å². The highest BCUT2D eigenvalue weighted by Gasteiger charge is 2.31. The Labute approximate surface area is 605 Å². The molecule has 0 heterocycles. The van der Waals surface area contributed by atoms with Crippen molar-refractivity contribution in [2.45, 2.75) is 116 Å². The molecule has 554 valence electrons. The third-order valence-electron chi connectivity index (χ3n) is 16.3. The predicted octanol–water partition coefficient (Wildman–Crippen LogP) is 13.0. The number of Topliss-reactive ketones (excluding diaryl/α,β-unsaturated/α-hetero) is 1. The third kappa shape index (κ3) is 25.7. The zero-order valence-electron chi connectivity index (χ0n) is 59.5. The van der Waals surface area contributed by atoms with Gasteiger partial charge < -0.3 is 60.7 Å². The second-order valence-corrected chi connectivity index (χ2v) is 25.9. The van der Waals surface area contributed by atoms with Crippen molar-refractivity contribution < 1.29 is 84.4 Å². The molecule has 0 aromatic heterocycles. The average molecular weight is 1450 g/mol. The van der Waals surface area contributed by atoms with Gasteiger partial charge in [0.05, 0.1) is 62.9 Å². The van der Waals surface area contributed by atoms with E-state index in [-0.39, 0.29) is 71.5 Å². The summed E-state index contributed by atoms with van der Waals surface area (Å²) >= 11 is 0. The number of benzene rings is 8. The molecular formula is C80H85F6N7O12. The van der Waals surface area contributed by atoms with E-state index in [2.05, 4.69) is 38.3 Å². The summed E-state index contributed by atoms with van der Waals surface area (Å²) in [6.45, 7) is 15.0. The molecule has 2 unspecified atom stereocenters. The van der Waals surface area contributed by atoms with Crippen LogP contribution >= 0.6 is 0 Å². The number of aliphatic hydroxyl groups is 2. The van der Waals surface area contributed by atoms with Gasteiger partial charge in [-0.2, -0.15) is 0 Å². The van der Waals surface area contributed by atoms with Crippen molar-refractivity contribution >= 4 is 41.2 Å². The van der Waals surface area contributed by atoms with E-state index in [9.17, 15) is 65.3 Å². The number of amides is 5. The number of ketones is 1. The molecule has 105 heavy (non-hydrogen) atoms. The second-order valence-electron chi connectivity index (χ2n) is 25.9. The molecule has 0 radical (unpaired) electrons. The standard InChI is InChI=1S/C41H44F3N3O7.C39H41F3N4O5/c1-24(28-10-12-32(42)13-11-28)45-38(50)30-18-29(25(2)48)19-31(20-30)39(51)46-36(17-27-14-33(43)21-34(44)15-27)37(49)23-47(40(52)54-41(3,4)5)22-26-8-7-9-35(16-26)53-6;1-5-13-51-46-25(3)29-18-30(38(48)44-24(2)28-9-11-32(40)12-10-28)20-31(19-29)39(49)45-36(17-27-14-33(41)21-34(42)15-27)37(47)23-43-22-26-7-6-8-35(16-26)50-4/h7-16,18-21,24,36-37,49H,17,22-23H2,1-6H3,(H,45,50)(H,46,51);5-12,14-16,18-21,24,36-37,43,47H,1,13,17,22-23H2,2-4H3,(H,44,48)(H,45,49)/b;46-25-/t2*24?,36-,37+/m00/s1. The molecule has 0 bridgehead atoms. The van der Waals surface area contributed by atoms with Crippen molar-refractivity contribution in [3.63, 3.8) is 0 Å². The summed E-state index contributed by atoms with van der Waals surface area (Å²) in [6, 6.07) is 36.3. The number of rotatable bonds is 31. The highest BCUT2D eigenvalue weighted by Crippen LogP contribution is 2.24. The number of hydrogen-bond acceptors (Lipinski definition) is 14. The molecule has 8 aromatic rings. The molecule has 0 saturated carbocycles. The van der Waals surface area contributed by atoms with E-state index < -0.39 is 119 Å². The van der Waals surface area contributed by atoms with Gasteiger partial charge in [-0.25, -0.2) is 31.1 Å². The number of hydrogen-bond donors (Lipinski definition) is 7. The van der Waals surface area contributed by atoms with E-state index in [0.717, 1.165) is 35.9 Å². The van der Waals surface area contributed by atoms with Gasteiger partial charge in [0.15, 0.2) is 5.78 Å². The number of nitrogens with one attached hydrogen (secondary N) is 5. The van der Waals surface area contributed by atoms with Crippen molar-refractivity contribution in [3.05, 3.63) is 284 Å². The Balaban J connectivity index is 0.000000294. The zero-order chi connectivity index (χ0) is 76.7. The van der Waals surface area contributed by atoms with Crippen molar-refractivity contribution in [1.29, 1.82) is 0 Å². The Hall–Kier alpha value is -11.2. The average Bonchev–Trinajstić information content (AvgIpc) is 0.794. The number of carbonyl (C=O) groups excluding carboxylic acids is 6. The smallest absolute Gasteiger partial charge is 0.410 e. The fourth-order valence-electron chi connectivity index (χ4n) is 10.9. The first-order valence-electron chi connectivity index (χ1n) is 33.4. The van der Waals surface area contributed by atoms with E-state index in [4.69, 9.17) is 19.0 Å². The molecule has 0 saturated heterocycles. The van der Waals surface area contributed by atoms with Gasteiger partial charge in [0.2, 0.25) is 0 Å². The summed E-state index contributed by atoms with van der Waals surface area (Å²) in [5.74, 6) is -6.07. The lowest BCUT2D eigenvalue weighted by molar-refractivity contribution is 0.00834. The van der Waals surface area contributed by atoms with Gasteiger partial charge in [0, 0.05) is 65.1 Å². The van der Waals surface area contributed by atoms with E-state index in [1.54, 1.807) is 97.2 Å². The summed E-state index contributed by atoms with van der Waals surface area (Å²) in [4.78, 5) is 87.0. The summed E-state index contributed by atoms with van der Waals surface area (Å²) in [5, 5.41) is 41.3. The number of carbonyl (C=O) groups is 6. The molecule has 0 aliphatic carbocycles. The molecule has 19 nitrogen and oxygen atoms in total. The van der Waals surface area contributed by atoms with Gasteiger partial charge in [-0.3, -0.25) is 24.0 Å². The molecular weight excluding hydrogens is 1360 g/mol. The monoisotopic (exact) mass is 1450 g/mol. The minimum atomic E-state index is -1.53. The molecule has 0 fully saturated rings. The highest BCUT2D eigenvalue weighted by atomic mass is 19.2. The fraction of sp³-hybridized carbons (Fsp3) is 0.287. The van der Waals surface area contributed by atoms with Crippen LogP contribution in [0.5, 0.6) is 11.5 Å². The second kappa shape index (κ2) is 38.4. The summed E-state index contributed by atoms with van der Waals surface area (Å²) in [5.41, 5.74) is 3.05. The van der Waals surface area contributed by atoms with Gasteiger partial charge in [0.1, 0.15) is 58.6 Å². The predicted molar refractivity (Wildman–Crippen MR) is 385 cm³/mol. The van der Waals surface area contributed by atoms with Crippen LogP contribution in [0.25, 0.3) is 0 Å². The van der Waals surface area contributed by atoms with E-state index in [1.165, 1.54) is 91.7 Å². The Morgan fingerprint density at radius 1 is 0.514 bits per heavy atom. The number of oxime groups is 1. The van der Waals surface area contributed by atoms with Gasteiger partial charge in [-0.1, -0.05) is 66.3 Å². The SMILES string of the molecule is C=CCO/N=C(/C)c1cc(C(=O)NC(C)c2ccc(F)cc2)cc(C(=O)N[C@@H](Cc2cc(F)cc(F)c2)[C@H](O)CNCc2cccc(OC)c2)c1.COc1cccc(CN(C[C@@H](O)[C@H](Cc2cc(F)cc(F)c2)NC(=O)c2cc(C(C)=O)cc(C(=O)NC(C)c3ccc(F)cc3)c2)C(=O)OC(C)(C)C)c1. The number of ether oxygens (including phenoxy) is 3. The van der Waals surface area contributed by atoms with E-state index in [1.807, 2.05) is 18.2 Å². The van der Waals surface area contributed by atoms with E-state index in [0.29, 0.717) is 52.1 Å². The zero-order valence-corrected chi connectivity index (χ0v) is 59.5. The Bertz CT molecular complexity index is 4340. The maximum atomic E-state index is 14.3. The Morgan fingerprint density at radius 2 is 0.924 bits per heavy atom. The molecule has 25 heteroatoms. The van der Waals surface area contributed by atoms with Crippen molar-refractivity contribution in [2.24, 2.45) is 5.16 Å². The minimum absolute atomic E-state index is 0.0152. The maximum absolute atomic E-state index is 14.3. The van der Waals surface area contributed by atoms with Crippen LogP contribution in [0, 0.1) is 34.9 Å². The van der Waals surface area contributed by atoms with E-state index >= 15 is 0 Å². The number of halogens is 6. The van der Waals surface area contributed by atoms with Crippen LogP contribution < -0.4 is 36.1 Å². The van der Waals surface area contributed by atoms with Crippen LogP contribution in [0.1, 0.15) is 151 Å². The molecule has 8 aromatic carbocycles. The van der Waals surface area contributed by atoms with Gasteiger partial charge in [-0.05, 0) is 204 Å². The van der Waals surface area contributed by atoms with Gasteiger partial charge in [-0.15, -0.1) is 0 Å². The molecule has 6 atom stereocenters. The number of nitrogens with zero attached hydrogens (tertiary/aromatic N) is 2. The molecule has 5 amide bonds. The van der Waals surface area contributed by atoms with Crippen LogP contribution in [0.4, 0.5) is 31.1 Å². The largest absolute Gasteiger partial charge is 0.497 e. The van der Waals surface area contributed by atoms with Crippen LogP contribution in [0.3, 0.4) is 0 Å². The molecule has 8 rings (SSSR count). The fourth-order valence-corrected chi connectivity index (χ4v) is 10.9. The van der Waals surface area contributed by atoms with Crippen molar-refractivity contribution in [2.75, 3.05) is 33.9 Å². The first-order valence-corrected chi connectivity index (χ1v) is 33.4. The quantitative estimate of drug-likeness (QED) is 0.00534. The number of aliphatic hydroxyl groups excluding tert-OH is 2. The summed E-state index contributed by atoms with van der Waals surface area (Å²) in [7, 11) is 3.05. The highest BCUT2D eigenvalue weighted by molar-refractivity contribution is 6.07. The third-order valence-corrected chi connectivity index (χ3v) is 16.3. The summed E-state index contributed by atoms with van der Waals surface area (Å²) in [6.07, 6.45) is -2.39. The van der Waals surface area contributed by atoms with Crippen LogP contribution in [-0.2, 0) is 35.5 Å². The van der Waals surface area contributed by atoms with Gasteiger partial charge in [0.25, 0.3) is 23.6 Å². The normalized spacial score (nSPS) is 13.0. The molecule has 0 aliphatic heterocycles.